The molecule has 50 heavy (non-hydrogen) atoms. The lowest BCUT2D eigenvalue weighted by molar-refractivity contribution is 0.0206. The molecule has 1 atom stereocenters. The van der Waals surface area contributed by atoms with Gasteiger partial charge < -0.3 is 19.7 Å². The van der Waals surface area contributed by atoms with E-state index in [0.29, 0.717) is 58.4 Å². The van der Waals surface area contributed by atoms with Crippen LogP contribution >= 0.6 is 0 Å². The minimum atomic E-state index is -3.94. The number of nitrogens with zero attached hydrogens (tertiary/aromatic N) is 4. The Balaban J connectivity index is 1.24. The molecule has 260 valence electrons. The van der Waals surface area contributed by atoms with E-state index in [1.54, 1.807) is 47.6 Å². The molecule has 0 radical (unpaired) electrons. The van der Waals surface area contributed by atoms with Gasteiger partial charge in [-0.15, -0.1) is 0 Å². The summed E-state index contributed by atoms with van der Waals surface area (Å²) in [7, 11) is -3.94. The second kappa shape index (κ2) is 14.3. The van der Waals surface area contributed by atoms with Gasteiger partial charge in [-0.05, 0) is 76.4 Å². The number of fused-ring (bicyclic) bond motifs is 1. The Hall–Kier alpha value is -5.30. The van der Waals surface area contributed by atoms with Crippen LogP contribution in [-0.4, -0.2) is 59.1 Å². The highest BCUT2D eigenvalue weighted by Gasteiger charge is 2.28. The van der Waals surface area contributed by atoms with Crippen molar-refractivity contribution in [1.29, 1.82) is 0 Å². The maximum absolute atomic E-state index is 14.2. The van der Waals surface area contributed by atoms with E-state index >= 15 is 0 Å². The SMILES string of the molecule is Cc1ccc2c(NS(=O)(=O)Cc3ccccc3F)cccc2c1Oc1ncccc1-c1ccnc(N[C@H]2CCCN(C(=O)OC(C)(C)C)C2)n1. The molecular weight excluding hydrogens is 660 g/mol. The van der Waals surface area contributed by atoms with Crippen LogP contribution in [0.2, 0.25) is 0 Å². The van der Waals surface area contributed by atoms with Crippen LogP contribution in [0.5, 0.6) is 11.6 Å². The highest BCUT2D eigenvalue weighted by atomic mass is 32.2. The largest absolute Gasteiger partial charge is 0.444 e. The summed E-state index contributed by atoms with van der Waals surface area (Å²) < 4.78 is 55.1. The van der Waals surface area contributed by atoms with E-state index in [9.17, 15) is 17.6 Å². The Morgan fingerprint density at radius 1 is 0.980 bits per heavy atom. The number of aryl methyl sites for hydroxylation is 1. The first-order valence-corrected chi connectivity index (χ1v) is 18.0. The molecule has 1 aliphatic rings. The number of amides is 1. The molecular formula is C37H39FN6O5S. The first-order chi connectivity index (χ1) is 23.8. The van der Waals surface area contributed by atoms with E-state index < -0.39 is 27.2 Å². The van der Waals surface area contributed by atoms with Gasteiger partial charge in [0.15, 0.2) is 0 Å². The summed E-state index contributed by atoms with van der Waals surface area (Å²) in [6.07, 6.45) is 4.59. The van der Waals surface area contributed by atoms with E-state index in [0.717, 1.165) is 18.4 Å². The molecule has 0 spiro atoms. The molecule has 0 aliphatic carbocycles. The highest BCUT2D eigenvalue weighted by molar-refractivity contribution is 7.91. The van der Waals surface area contributed by atoms with Crippen molar-refractivity contribution in [2.45, 2.75) is 57.9 Å². The number of ether oxygens (including phenoxy) is 2. The number of likely N-dealkylation sites (tertiary alicyclic amines) is 1. The number of hydrogen-bond acceptors (Lipinski definition) is 9. The van der Waals surface area contributed by atoms with Gasteiger partial charge in [-0.1, -0.05) is 42.5 Å². The van der Waals surface area contributed by atoms with Crippen molar-refractivity contribution in [2.24, 2.45) is 0 Å². The summed E-state index contributed by atoms with van der Waals surface area (Å²) in [5, 5.41) is 4.63. The molecule has 2 aromatic heterocycles. The number of nitrogens with one attached hydrogen (secondary N) is 2. The number of rotatable bonds is 9. The topological polar surface area (TPSA) is 136 Å². The minimum Gasteiger partial charge on any atom is -0.444 e. The Labute approximate surface area is 290 Å². The molecule has 1 amide bonds. The average Bonchev–Trinajstić information content (AvgIpc) is 3.07. The van der Waals surface area contributed by atoms with Crippen molar-refractivity contribution >= 4 is 38.5 Å². The molecule has 3 heterocycles. The fourth-order valence-corrected chi connectivity index (χ4v) is 7.03. The summed E-state index contributed by atoms with van der Waals surface area (Å²) in [6.45, 7) is 8.53. The number of pyridine rings is 1. The zero-order valence-corrected chi connectivity index (χ0v) is 29.1. The van der Waals surface area contributed by atoms with Crippen LogP contribution in [0, 0.1) is 12.7 Å². The maximum Gasteiger partial charge on any atom is 0.410 e. The van der Waals surface area contributed by atoms with Gasteiger partial charge in [0.05, 0.1) is 22.7 Å². The summed E-state index contributed by atoms with van der Waals surface area (Å²) in [4.78, 5) is 28.1. The molecule has 1 aliphatic heterocycles. The second-order valence-corrected chi connectivity index (χ2v) is 14.9. The summed E-state index contributed by atoms with van der Waals surface area (Å²) >= 11 is 0. The lowest BCUT2D eigenvalue weighted by Crippen LogP contribution is -2.47. The third-order valence-electron chi connectivity index (χ3n) is 8.09. The number of piperidine rings is 1. The number of anilines is 2. The van der Waals surface area contributed by atoms with Crippen LogP contribution in [0.15, 0.2) is 85.2 Å². The Kier molecular flexibility index (Phi) is 9.87. The smallest absolute Gasteiger partial charge is 0.410 e. The lowest BCUT2D eigenvalue weighted by atomic mass is 10.0. The zero-order chi connectivity index (χ0) is 35.5. The Bertz CT molecular complexity index is 2140. The van der Waals surface area contributed by atoms with Crippen LogP contribution in [-0.2, 0) is 20.5 Å². The van der Waals surface area contributed by atoms with Crippen LogP contribution in [0.4, 0.5) is 20.8 Å². The quantitative estimate of drug-likeness (QED) is 0.159. The van der Waals surface area contributed by atoms with Gasteiger partial charge in [-0.3, -0.25) is 4.72 Å². The van der Waals surface area contributed by atoms with Crippen molar-refractivity contribution in [3.63, 3.8) is 0 Å². The summed E-state index contributed by atoms with van der Waals surface area (Å²) in [5.74, 6) is 0.100. The number of carbonyl (C=O) groups excluding carboxylic acids is 1. The Morgan fingerprint density at radius 2 is 1.80 bits per heavy atom. The standard InChI is InChI=1S/C37H39FN6O5S/c1-24-16-17-27-28(12-7-15-32(27)43-50(46,47)23-25-10-5-6-14-30(25)38)33(24)48-34-29(13-8-19-39-34)31-18-20-40-35(42-31)41-26-11-9-21-44(22-26)36(45)49-37(2,3)4/h5-8,10,12-20,26,43H,9,11,21-23H2,1-4H3,(H,40,41,42)/t26-/m0/s1. The third-order valence-corrected chi connectivity index (χ3v) is 9.31. The van der Waals surface area contributed by atoms with Crippen molar-refractivity contribution in [1.82, 2.24) is 19.9 Å². The van der Waals surface area contributed by atoms with Gasteiger partial charge in [-0.25, -0.2) is 32.6 Å². The molecule has 6 rings (SSSR count). The van der Waals surface area contributed by atoms with Gasteiger partial charge in [0, 0.05) is 47.9 Å². The molecule has 1 fully saturated rings. The lowest BCUT2D eigenvalue weighted by Gasteiger charge is -2.34. The van der Waals surface area contributed by atoms with E-state index in [1.807, 2.05) is 52.0 Å². The number of benzene rings is 3. The molecule has 11 nitrogen and oxygen atoms in total. The summed E-state index contributed by atoms with van der Waals surface area (Å²) in [6, 6.07) is 20.0. The van der Waals surface area contributed by atoms with Crippen molar-refractivity contribution in [3.8, 4) is 22.9 Å². The van der Waals surface area contributed by atoms with Crippen molar-refractivity contribution in [3.05, 3.63) is 102 Å². The second-order valence-electron chi connectivity index (χ2n) is 13.2. The van der Waals surface area contributed by atoms with E-state index in [-0.39, 0.29) is 17.7 Å². The van der Waals surface area contributed by atoms with Gasteiger partial charge in [-0.2, -0.15) is 0 Å². The molecule has 2 N–H and O–H groups in total. The number of hydrogen-bond donors (Lipinski definition) is 2. The van der Waals surface area contributed by atoms with Gasteiger partial charge in [0.25, 0.3) is 0 Å². The van der Waals surface area contributed by atoms with E-state index in [1.165, 1.54) is 18.2 Å². The molecule has 1 saturated heterocycles. The number of halogens is 1. The predicted molar refractivity (Wildman–Crippen MR) is 191 cm³/mol. The number of sulfonamides is 1. The summed E-state index contributed by atoms with van der Waals surface area (Å²) in [5.41, 5.74) is 1.84. The minimum absolute atomic E-state index is 0.0622. The molecule has 5 aromatic rings. The average molecular weight is 699 g/mol. The predicted octanol–water partition coefficient (Wildman–Crippen LogP) is 7.68. The molecule has 13 heteroatoms. The van der Waals surface area contributed by atoms with Crippen LogP contribution < -0.4 is 14.8 Å². The van der Waals surface area contributed by atoms with Crippen LogP contribution in [0.25, 0.3) is 22.0 Å². The first kappa shape index (κ1) is 34.6. The van der Waals surface area contributed by atoms with Gasteiger partial charge in [0.2, 0.25) is 21.9 Å². The first-order valence-electron chi connectivity index (χ1n) is 16.3. The molecule has 0 bridgehead atoms. The third kappa shape index (κ3) is 8.28. The van der Waals surface area contributed by atoms with E-state index in [2.05, 4.69) is 20.0 Å². The van der Waals surface area contributed by atoms with E-state index in [4.69, 9.17) is 14.5 Å². The molecule has 0 saturated carbocycles. The monoisotopic (exact) mass is 698 g/mol. The number of carbonyl (C=O) groups is 1. The fourth-order valence-electron chi connectivity index (χ4n) is 5.80. The fraction of sp³-hybridized carbons (Fsp3) is 0.297. The molecule has 3 aromatic carbocycles. The molecule has 0 unspecified atom stereocenters. The normalized spacial score (nSPS) is 15.1. The Morgan fingerprint density at radius 3 is 2.60 bits per heavy atom. The van der Waals surface area contributed by atoms with Crippen LogP contribution in [0.1, 0.15) is 44.7 Å². The number of aromatic nitrogens is 3. The van der Waals surface area contributed by atoms with Crippen molar-refractivity contribution < 1.29 is 27.1 Å². The van der Waals surface area contributed by atoms with Crippen molar-refractivity contribution in [2.75, 3.05) is 23.1 Å². The van der Waals surface area contributed by atoms with Gasteiger partial charge in [0.1, 0.15) is 17.2 Å². The maximum atomic E-state index is 14.2. The van der Waals surface area contributed by atoms with Gasteiger partial charge >= 0.3 is 6.09 Å². The van der Waals surface area contributed by atoms with Crippen LogP contribution in [0.3, 0.4) is 0 Å². The highest BCUT2D eigenvalue weighted by Crippen LogP contribution is 2.39. The zero-order valence-electron chi connectivity index (χ0n) is 28.3.